The van der Waals surface area contributed by atoms with E-state index in [0.717, 1.165) is 34.6 Å². The largest absolute Gasteiger partial charge is 0.362 e. The minimum Gasteiger partial charge on any atom is -0.362 e. The Labute approximate surface area is 219 Å². The van der Waals surface area contributed by atoms with Crippen molar-refractivity contribution in [2.75, 3.05) is 18.0 Å². The van der Waals surface area contributed by atoms with Gasteiger partial charge in [0.2, 0.25) is 0 Å². The normalized spacial score (nSPS) is 21.3. The molecule has 5 rings (SSSR count). The summed E-state index contributed by atoms with van der Waals surface area (Å²) in [6, 6.07) is 10.5. The molecule has 1 saturated heterocycles. The fourth-order valence-corrected chi connectivity index (χ4v) is 6.31. The van der Waals surface area contributed by atoms with E-state index in [4.69, 9.17) is 4.11 Å². The van der Waals surface area contributed by atoms with Crippen LogP contribution in [0.1, 0.15) is 60.0 Å². The van der Waals surface area contributed by atoms with Crippen molar-refractivity contribution in [1.82, 2.24) is 24.1 Å². The molecule has 0 amide bonds. The van der Waals surface area contributed by atoms with Gasteiger partial charge in [0.1, 0.15) is 0 Å². The third kappa shape index (κ3) is 4.18. The molecule has 0 bridgehead atoms. The first-order valence-corrected chi connectivity index (χ1v) is 13.3. The Morgan fingerprint density at radius 1 is 1.22 bits per heavy atom. The molecule has 1 aliphatic heterocycles. The predicted octanol–water partition coefficient (Wildman–Crippen LogP) is 4.46. The zero-order chi connectivity index (χ0) is 28.1. The molecular weight excluding hydrogens is 470 g/mol. The summed E-state index contributed by atoms with van der Waals surface area (Å²) < 4.78 is 27.0. The number of piperazine rings is 1. The SMILES string of the molecule is [2H]C([2H])([2H])n1c(=O)cc(N2C[C@@H](CC)N(C(C)c3ccc4nc(C)sc4c3)C[C@@H]2CC)c2nc(CC#N)cn21. The number of fused-ring (bicyclic) bond motifs is 2. The molecule has 0 radical (unpaired) electrons. The van der Waals surface area contributed by atoms with Gasteiger partial charge in [0.15, 0.2) is 5.65 Å². The van der Waals surface area contributed by atoms with Gasteiger partial charge in [-0.15, -0.1) is 11.3 Å². The Morgan fingerprint density at radius 3 is 2.75 bits per heavy atom. The average Bonchev–Trinajstić information content (AvgIpc) is 3.47. The van der Waals surface area contributed by atoms with Gasteiger partial charge < -0.3 is 4.90 Å². The van der Waals surface area contributed by atoms with Gasteiger partial charge in [-0.2, -0.15) is 5.26 Å². The van der Waals surface area contributed by atoms with Crippen molar-refractivity contribution in [1.29, 1.82) is 5.26 Å². The van der Waals surface area contributed by atoms with E-state index in [1.165, 1.54) is 27.0 Å². The van der Waals surface area contributed by atoms with Crippen LogP contribution in [0, 0.1) is 18.3 Å². The van der Waals surface area contributed by atoms with Crippen LogP contribution in [0.25, 0.3) is 15.9 Å². The molecule has 1 fully saturated rings. The van der Waals surface area contributed by atoms with Crippen molar-refractivity contribution in [3.63, 3.8) is 0 Å². The summed E-state index contributed by atoms with van der Waals surface area (Å²) in [5, 5.41) is 10.3. The van der Waals surface area contributed by atoms with Crippen molar-refractivity contribution in [2.45, 2.75) is 65.1 Å². The van der Waals surface area contributed by atoms with Gasteiger partial charge in [0.25, 0.3) is 5.56 Å². The number of anilines is 1. The van der Waals surface area contributed by atoms with E-state index >= 15 is 0 Å². The molecule has 1 aromatic carbocycles. The molecule has 188 valence electrons. The molecule has 9 heteroatoms. The van der Waals surface area contributed by atoms with Gasteiger partial charge in [0, 0.05) is 48.4 Å². The van der Waals surface area contributed by atoms with Crippen LogP contribution in [-0.4, -0.2) is 49.2 Å². The van der Waals surface area contributed by atoms with Crippen LogP contribution < -0.4 is 10.5 Å². The lowest BCUT2D eigenvalue weighted by Gasteiger charge is -2.49. The molecule has 36 heavy (non-hydrogen) atoms. The number of nitriles is 1. The van der Waals surface area contributed by atoms with Crippen LogP contribution in [0.5, 0.6) is 0 Å². The van der Waals surface area contributed by atoms with Gasteiger partial charge in [-0.05, 0) is 44.4 Å². The zero-order valence-corrected chi connectivity index (χ0v) is 21.9. The lowest BCUT2D eigenvalue weighted by Crippen LogP contribution is -2.59. The molecular formula is C27H33N7OS. The van der Waals surface area contributed by atoms with Crippen molar-refractivity contribution >= 4 is 32.9 Å². The highest BCUT2D eigenvalue weighted by Crippen LogP contribution is 2.34. The number of hydrogen-bond acceptors (Lipinski definition) is 7. The fourth-order valence-electron chi connectivity index (χ4n) is 5.43. The molecule has 0 spiro atoms. The van der Waals surface area contributed by atoms with E-state index in [1.54, 1.807) is 11.3 Å². The zero-order valence-electron chi connectivity index (χ0n) is 24.1. The smallest absolute Gasteiger partial charge is 0.267 e. The Hall–Kier alpha value is -3.22. The van der Waals surface area contributed by atoms with Crippen LogP contribution >= 0.6 is 11.3 Å². The van der Waals surface area contributed by atoms with E-state index in [1.807, 2.05) is 6.92 Å². The molecule has 0 saturated carbocycles. The topological polar surface area (TPSA) is 82.5 Å². The van der Waals surface area contributed by atoms with Crippen LogP contribution in [0.4, 0.5) is 5.69 Å². The third-order valence-corrected chi connectivity index (χ3v) is 8.34. The van der Waals surface area contributed by atoms with Gasteiger partial charge in [-0.1, -0.05) is 19.9 Å². The third-order valence-electron chi connectivity index (χ3n) is 7.40. The summed E-state index contributed by atoms with van der Waals surface area (Å²) in [7, 11) is 0. The maximum atomic E-state index is 13.2. The average molecular weight is 507 g/mol. The number of aromatic nitrogens is 4. The fraction of sp³-hybridized carbons (Fsp3) is 0.481. The van der Waals surface area contributed by atoms with Crippen molar-refractivity contribution in [3.05, 3.63) is 57.1 Å². The van der Waals surface area contributed by atoms with Crippen molar-refractivity contribution in [2.24, 2.45) is 6.98 Å². The summed E-state index contributed by atoms with van der Waals surface area (Å²) in [5.74, 6) is 0. The molecule has 0 N–H and O–H groups in total. The second-order valence-corrected chi connectivity index (χ2v) is 10.8. The quantitative estimate of drug-likeness (QED) is 0.384. The predicted molar refractivity (Wildman–Crippen MR) is 145 cm³/mol. The number of nitrogens with zero attached hydrogens (tertiary/aromatic N) is 7. The Morgan fingerprint density at radius 2 is 2.03 bits per heavy atom. The minimum atomic E-state index is -2.68. The number of imidazole rings is 1. The highest BCUT2D eigenvalue weighted by atomic mass is 32.1. The summed E-state index contributed by atoms with van der Waals surface area (Å²) in [6.07, 6.45) is 3.27. The number of hydrogen-bond donors (Lipinski definition) is 0. The van der Waals surface area contributed by atoms with Gasteiger partial charge in [-0.25, -0.2) is 19.2 Å². The van der Waals surface area contributed by atoms with E-state index in [9.17, 15) is 10.1 Å². The highest BCUT2D eigenvalue weighted by Gasteiger charge is 2.36. The summed E-state index contributed by atoms with van der Waals surface area (Å²) >= 11 is 1.71. The number of benzene rings is 1. The van der Waals surface area contributed by atoms with Crippen LogP contribution in [0.3, 0.4) is 0 Å². The van der Waals surface area contributed by atoms with E-state index in [2.05, 4.69) is 64.8 Å². The van der Waals surface area contributed by atoms with E-state index in [0.29, 0.717) is 23.6 Å². The summed E-state index contributed by atoms with van der Waals surface area (Å²) in [5.41, 5.74) is 3.10. The Balaban J connectivity index is 1.54. The Kier molecular flexibility index (Phi) is 5.62. The maximum absolute atomic E-state index is 13.2. The van der Waals surface area contributed by atoms with E-state index < -0.39 is 12.5 Å². The van der Waals surface area contributed by atoms with Crippen molar-refractivity contribution < 1.29 is 4.11 Å². The van der Waals surface area contributed by atoms with Gasteiger partial charge in [-0.3, -0.25) is 9.69 Å². The lowest BCUT2D eigenvalue weighted by atomic mass is 9.96. The molecule has 1 unspecified atom stereocenters. The highest BCUT2D eigenvalue weighted by molar-refractivity contribution is 7.18. The number of thiazole rings is 1. The number of rotatable bonds is 6. The second kappa shape index (κ2) is 9.68. The van der Waals surface area contributed by atoms with E-state index in [-0.39, 0.29) is 24.5 Å². The molecule has 0 aliphatic carbocycles. The van der Waals surface area contributed by atoms with Crippen LogP contribution in [0.15, 0.2) is 35.3 Å². The first-order valence-electron chi connectivity index (χ1n) is 14.0. The molecule has 1 aliphatic rings. The molecule has 4 aromatic rings. The summed E-state index contributed by atoms with van der Waals surface area (Å²) in [4.78, 5) is 27.2. The molecule has 3 aromatic heterocycles. The first-order chi connectivity index (χ1) is 18.5. The lowest BCUT2D eigenvalue weighted by molar-refractivity contribution is 0.101. The van der Waals surface area contributed by atoms with Crippen LogP contribution in [0.2, 0.25) is 0 Å². The first kappa shape index (κ1) is 20.9. The maximum Gasteiger partial charge on any atom is 0.267 e. The number of aryl methyl sites for hydroxylation is 2. The van der Waals surface area contributed by atoms with Crippen molar-refractivity contribution in [3.8, 4) is 6.07 Å². The Bertz CT molecular complexity index is 1620. The van der Waals surface area contributed by atoms with Gasteiger partial charge >= 0.3 is 0 Å². The molecule has 4 heterocycles. The standard InChI is InChI=1S/C27H33N7OS/c1-6-21-16-33(24-13-26(35)31(5)34-14-20(10-11-28)30-27(24)34)22(7-2)15-32(21)17(3)19-8-9-23-25(12-19)36-18(4)29-23/h8-9,12-14,17,21-22H,6-7,10,15-16H2,1-5H3/t17?,21-,22+/m1/s1/i5D3. The monoisotopic (exact) mass is 506 g/mol. The van der Waals surface area contributed by atoms with Gasteiger partial charge in [0.05, 0.1) is 45.3 Å². The molecule has 3 atom stereocenters. The summed E-state index contributed by atoms with van der Waals surface area (Å²) in [6.45, 7) is 7.37. The minimum absolute atomic E-state index is 0.0278. The molecule has 8 nitrogen and oxygen atoms in total. The van der Waals surface area contributed by atoms with Crippen LogP contribution in [-0.2, 0) is 13.4 Å². The second-order valence-electron chi connectivity index (χ2n) is 9.52.